The van der Waals surface area contributed by atoms with Gasteiger partial charge in [0, 0.05) is 10.0 Å². The first-order chi connectivity index (χ1) is 9.34. The van der Waals surface area contributed by atoms with E-state index in [2.05, 4.69) is 49.7 Å². The number of halogens is 1. The molecule has 0 heterocycles. The van der Waals surface area contributed by atoms with Crippen molar-refractivity contribution in [1.82, 2.24) is 0 Å². The van der Waals surface area contributed by atoms with Crippen molar-refractivity contribution in [3.8, 4) is 0 Å². The quantitative estimate of drug-likeness (QED) is 0.586. The van der Waals surface area contributed by atoms with E-state index in [1.807, 2.05) is 24.3 Å². The standard InChI is InChI=1S/C17H21BrO2/c1-11(2)9-13-15(17(13,3)4)16(19)20-10-12-7-5-6-8-14(12)18/h5-9,13,15H,10H2,1-4H3/t13?,15-/m0/s1. The van der Waals surface area contributed by atoms with Crippen LogP contribution in [0.5, 0.6) is 0 Å². The molecule has 0 amide bonds. The van der Waals surface area contributed by atoms with Gasteiger partial charge in [0.25, 0.3) is 0 Å². The molecule has 2 nitrogen and oxygen atoms in total. The molecule has 1 unspecified atom stereocenters. The number of hydrogen-bond donors (Lipinski definition) is 0. The highest BCUT2D eigenvalue weighted by Crippen LogP contribution is 2.59. The van der Waals surface area contributed by atoms with Crippen molar-refractivity contribution < 1.29 is 9.53 Å². The molecule has 0 bridgehead atoms. The van der Waals surface area contributed by atoms with Crippen molar-refractivity contribution in [1.29, 1.82) is 0 Å². The van der Waals surface area contributed by atoms with Crippen LogP contribution in [0.3, 0.4) is 0 Å². The van der Waals surface area contributed by atoms with Crippen LogP contribution in [0, 0.1) is 17.3 Å². The number of carbonyl (C=O) groups is 1. The minimum absolute atomic E-state index is 0.0140. The van der Waals surface area contributed by atoms with Crippen molar-refractivity contribution in [2.24, 2.45) is 17.3 Å². The molecule has 1 aromatic carbocycles. The van der Waals surface area contributed by atoms with Gasteiger partial charge in [0.05, 0.1) is 5.92 Å². The fourth-order valence-corrected chi connectivity index (χ4v) is 3.05. The molecule has 0 spiro atoms. The minimum atomic E-state index is -0.0896. The zero-order chi connectivity index (χ0) is 14.9. The lowest BCUT2D eigenvalue weighted by Gasteiger charge is -2.07. The fourth-order valence-electron chi connectivity index (χ4n) is 2.65. The Kier molecular flexibility index (Phi) is 4.38. The van der Waals surface area contributed by atoms with Crippen molar-refractivity contribution in [2.45, 2.75) is 34.3 Å². The minimum Gasteiger partial charge on any atom is -0.461 e. The van der Waals surface area contributed by atoms with Crippen molar-refractivity contribution in [3.05, 3.63) is 46.0 Å². The molecule has 1 aliphatic rings. The molecule has 0 radical (unpaired) electrons. The fraction of sp³-hybridized carbons (Fsp3) is 0.471. The van der Waals surface area contributed by atoms with E-state index in [0.717, 1.165) is 10.0 Å². The van der Waals surface area contributed by atoms with Crippen LogP contribution >= 0.6 is 15.9 Å². The number of allylic oxidation sites excluding steroid dienone is 2. The smallest absolute Gasteiger partial charge is 0.310 e. The van der Waals surface area contributed by atoms with Crippen LogP contribution in [0.1, 0.15) is 33.3 Å². The summed E-state index contributed by atoms with van der Waals surface area (Å²) in [4.78, 5) is 12.2. The van der Waals surface area contributed by atoms with E-state index in [1.54, 1.807) is 0 Å². The third-order valence-electron chi connectivity index (χ3n) is 4.01. The summed E-state index contributed by atoms with van der Waals surface area (Å²) in [6.45, 7) is 8.72. The number of carbonyl (C=O) groups excluding carboxylic acids is 1. The Morgan fingerprint density at radius 3 is 2.60 bits per heavy atom. The second kappa shape index (κ2) is 5.72. The van der Waals surface area contributed by atoms with Crippen LogP contribution in [0.15, 0.2) is 40.4 Å². The normalized spacial score (nSPS) is 23.1. The van der Waals surface area contributed by atoms with Crippen molar-refractivity contribution in [3.63, 3.8) is 0 Å². The zero-order valence-electron chi connectivity index (χ0n) is 12.4. The van der Waals surface area contributed by atoms with Crippen LogP contribution in [-0.4, -0.2) is 5.97 Å². The zero-order valence-corrected chi connectivity index (χ0v) is 14.0. The van der Waals surface area contributed by atoms with Gasteiger partial charge >= 0.3 is 5.97 Å². The molecule has 1 aliphatic carbocycles. The molecular weight excluding hydrogens is 316 g/mol. The SMILES string of the molecule is CC(C)=CC1[C@@H](C(=O)OCc2ccccc2Br)C1(C)C. The highest BCUT2D eigenvalue weighted by molar-refractivity contribution is 9.10. The van der Waals surface area contributed by atoms with Gasteiger partial charge in [-0.15, -0.1) is 0 Å². The third-order valence-corrected chi connectivity index (χ3v) is 4.78. The van der Waals surface area contributed by atoms with Crippen LogP contribution in [0.2, 0.25) is 0 Å². The van der Waals surface area contributed by atoms with Gasteiger partial charge in [0.2, 0.25) is 0 Å². The molecular formula is C17H21BrO2. The summed E-state index contributed by atoms with van der Waals surface area (Å²) in [6, 6.07) is 7.81. The second-order valence-electron chi connectivity index (χ2n) is 6.27. The largest absolute Gasteiger partial charge is 0.461 e. The maximum atomic E-state index is 12.2. The average Bonchev–Trinajstić information content (AvgIpc) is 2.88. The monoisotopic (exact) mass is 336 g/mol. The van der Waals surface area contributed by atoms with Gasteiger partial charge in [-0.1, -0.05) is 59.6 Å². The lowest BCUT2D eigenvalue weighted by Crippen LogP contribution is -2.10. The number of ether oxygens (including phenoxy) is 1. The van der Waals surface area contributed by atoms with Crippen LogP contribution in [0.4, 0.5) is 0 Å². The van der Waals surface area contributed by atoms with Crippen molar-refractivity contribution >= 4 is 21.9 Å². The summed E-state index contributed by atoms with van der Waals surface area (Å²) < 4.78 is 6.46. The number of hydrogen-bond acceptors (Lipinski definition) is 2. The highest BCUT2D eigenvalue weighted by atomic mass is 79.9. The van der Waals surface area contributed by atoms with Gasteiger partial charge in [-0.2, -0.15) is 0 Å². The van der Waals surface area contributed by atoms with Gasteiger partial charge in [-0.05, 0) is 31.2 Å². The highest BCUT2D eigenvalue weighted by Gasteiger charge is 2.61. The van der Waals surface area contributed by atoms with Gasteiger partial charge in [-0.25, -0.2) is 0 Å². The van der Waals surface area contributed by atoms with Gasteiger partial charge < -0.3 is 4.74 Å². The van der Waals surface area contributed by atoms with Crippen LogP contribution < -0.4 is 0 Å². The summed E-state index contributed by atoms with van der Waals surface area (Å²) in [5.74, 6) is 0.201. The number of esters is 1. The predicted octanol–water partition coefficient (Wildman–Crippen LogP) is 4.73. The molecule has 108 valence electrons. The van der Waals surface area contributed by atoms with E-state index in [0.29, 0.717) is 12.5 Å². The summed E-state index contributed by atoms with van der Waals surface area (Å²) in [6.07, 6.45) is 2.18. The first kappa shape index (κ1) is 15.3. The number of benzene rings is 1. The topological polar surface area (TPSA) is 26.3 Å². The summed E-state index contributed by atoms with van der Waals surface area (Å²) in [5, 5.41) is 0. The van der Waals surface area contributed by atoms with Crippen molar-refractivity contribution in [2.75, 3.05) is 0 Å². The molecule has 1 fully saturated rings. The second-order valence-corrected chi connectivity index (χ2v) is 7.12. The molecule has 20 heavy (non-hydrogen) atoms. The van der Waals surface area contributed by atoms with E-state index >= 15 is 0 Å². The molecule has 1 saturated carbocycles. The lowest BCUT2D eigenvalue weighted by molar-refractivity contribution is -0.147. The molecule has 0 aromatic heterocycles. The van der Waals surface area contributed by atoms with Crippen LogP contribution in [0.25, 0.3) is 0 Å². The average molecular weight is 337 g/mol. The molecule has 2 atom stereocenters. The van der Waals surface area contributed by atoms with E-state index in [4.69, 9.17) is 4.74 Å². The molecule has 2 rings (SSSR count). The molecule has 3 heteroatoms. The number of rotatable bonds is 4. The Morgan fingerprint density at radius 1 is 1.35 bits per heavy atom. The van der Waals surface area contributed by atoms with Gasteiger partial charge in [0.15, 0.2) is 0 Å². The van der Waals surface area contributed by atoms with E-state index < -0.39 is 0 Å². The molecule has 0 saturated heterocycles. The Morgan fingerprint density at radius 2 is 2.00 bits per heavy atom. The Balaban J connectivity index is 1.97. The Hall–Kier alpha value is -1.09. The summed E-state index contributed by atoms with van der Waals surface area (Å²) in [7, 11) is 0. The Bertz CT molecular complexity index is 542. The van der Waals surface area contributed by atoms with E-state index in [9.17, 15) is 4.79 Å². The first-order valence-corrected chi connectivity index (χ1v) is 7.68. The van der Waals surface area contributed by atoms with Gasteiger partial charge in [-0.3, -0.25) is 4.79 Å². The predicted molar refractivity (Wildman–Crippen MR) is 84.1 cm³/mol. The van der Waals surface area contributed by atoms with E-state index in [-0.39, 0.29) is 17.3 Å². The van der Waals surface area contributed by atoms with Crippen LogP contribution in [-0.2, 0) is 16.1 Å². The molecule has 0 N–H and O–H groups in total. The maximum Gasteiger partial charge on any atom is 0.310 e. The Labute approximate surface area is 129 Å². The molecule has 0 aliphatic heterocycles. The van der Waals surface area contributed by atoms with Gasteiger partial charge in [0.1, 0.15) is 6.61 Å². The summed E-state index contributed by atoms with van der Waals surface area (Å²) in [5.41, 5.74) is 2.27. The molecule has 1 aromatic rings. The summed E-state index contributed by atoms with van der Waals surface area (Å²) >= 11 is 3.47. The first-order valence-electron chi connectivity index (χ1n) is 6.89. The van der Waals surface area contributed by atoms with E-state index in [1.165, 1.54) is 5.57 Å². The third kappa shape index (κ3) is 3.14. The lowest BCUT2D eigenvalue weighted by atomic mass is 10.1. The maximum absolute atomic E-state index is 12.2.